The van der Waals surface area contributed by atoms with Crippen LogP contribution in [-0.4, -0.2) is 22.8 Å². The quantitative estimate of drug-likeness (QED) is 0.884. The van der Waals surface area contributed by atoms with Crippen LogP contribution < -0.4 is 5.73 Å². The van der Waals surface area contributed by atoms with E-state index in [1.54, 1.807) is 0 Å². The average Bonchev–Trinajstić information content (AvgIpc) is 2.56. The van der Waals surface area contributed by atoms with E-state index < -0.39 is 0 Å². The van der Waals surface area contributed by atoms with E-state index in [1.807, 2.05) is 35.2 Å². The van der Waals surface area contributed by atoms with E-state index in [0.717, 1.165) is 18.4 Å². The van der Waals surface area contributed by atoms with Crippen molar-refractivity contribution in [3.63, 3.8) is 0 Å². The van der Waals surface area contributed by atoms with Crippen molar-refractivity contribution in [2.24, 2.45) is 16.6 Å². The molecule has 2 N–H and O–H groups in total. The van der Waals surface area contributed by atoms with E-state index in [4.69, 9.17) is 5.73 Å². The van der Waals surface area contributed by atoms with E-state index in [-0.39, 0.29) is 12.1 Å². The van der Waals surface area contributed by atoms with Crippen molar-refractivity contribution in [2.75, 3.05) is 0 Å². The van der Waals surface area contributed by atoms with E-state index in [2.05, 4.69) is 4.99 Å². The second kappa shape index (κ2) is 4.44. The van der Waals surface area contributed by atoms with Gasteiger partial charge in [-0.05, 0) is 24.3 Å². The molecule has 0 bridgehead atoms. The highest BCUT2D eigenvalue weighted by molar-refractivity contribution is 6.03. The number of carbonyl (C=O) groups is 1. The van der Waals surface area contributed by atoms with Crippen molar-refractivity contribution in [1.82, 2.24) is 4.90 Å². The lowest BCUT2D eigenvalue weighted by molar-refractivity contribution is 0.156. The first-order chi connectivity index (χ1) is 8.75. The summed E-state index contributed by atoms with van der Waals surface area (Å²) in [5.41, 5.74) is 7.04. The number of urea groups is 1. The number of hydrogen-bond donors (Lipinski definition) is 1. The third kappa shape index (κ3) is 1.88. The Kier molecular flexibility index (Phi) is 2.78. The van der Waals surface area contributed by atoms with Crippen molar-refractivity contribution in [3.05, 3.63) is 35.9 Å². The second-order valence-corrected chi connectivity index (χ2v) is 5.07. The van der Waals surface area contributed by atoms with Crippen molar-refractivity contribution >= 4 is 11.9 Å². The Bertz CT molecular complexity index is 479. The predicted molar refractivity (Wildman–Crippen MR) is 70.1 cm³/mol. The van der Waals surface area contributed by atoms with Gasteiger partial charge in [-0.2, -0.15) is 4.99 Å². The lowest BCUT2D eigenvalue weighted by atomic mass is 9.79. The Morgan fingerprint density at radius 3 is 2.61 bits per heavy atom. The van der Waals surface area contributed by atoms with Gasteiger partial charge in [-0.15, -0.1) is 0 Å². The van der Waals surface area contributed by atoms with Gasteiger partial charge in [-0.1, -0.05) is 36.8 Å². The van der Waals surface area contributed by atoms with E-state index >= 15 is 0 Å². The molecule has 2 aliphatic rings. The van der Waals surface area contributed by atoms with Crippen molar-refractivity contribution < 1.29 is 4.79 Å². The number of amidine groups is 1. The molecule has 4 heteroatoms. The van der Waals surface area contributed by atoms with Crippen LogP contribution in [0, 0.1) is 5.92 Å². The molecule has 1 aromatic rings. The normalized spacial score (nSPS) is 24.0. The lowest BCUT2D eigenvalue weighted by Gasteiger charge is -2.36. The minimum absolute atomic E-state index is 0.0199. The molecule has 0 spiro atoms. The summed E-state index contributed by atoms with van der Waals surface area (Å²) in [6, 6.07) is 9.83. The molecule has 1 aliphatic carbocycles. The van der Waals surface area contributed by atoms with Gasteiger partial charge in [0.1, 0.15) is 5.84 Å². The Morgan fingerprint density at radius 1 is 1.28 bits per heavy atom. The van der Waals surface area contributed by atoms with Gasteiger partial charge >= 0.3 is 6.03 Å². The highest BCUT2D eigenvalue weighted by Gasteiger charge is 2.40. The van der Waals surface area contributed by atoms with Crippen molar-refractivity contribution in [2.45, 2.75) is 31.8 Å². The van der Waals surface area contributed by atoms with Gasteiger partial charge in [0, 0.05) is 6.54 Å². The largest absolute Gasteiger partial charge is 0.385 e. The van der Waals surface area contributed by atoms with Gasteiger partial charge in [-0.3, -0.25) is 0 Å². The summed E-state index contributed by atoms with van der Waals surface area (Å²) in [5, 5.41) is 0. The number of hydrogen-bond acceptors (Lipinski definition) is 2. The molecule has 4 nitrogen and oxygen atoms in total. The standard InChI is InChI=1S/C14H17N3O/c15-13-12(11-7-4-8-11)17(14(18)16-13)9-10-5-2-1-3-6-10/h1-3,5-6,11-12H,4,7-9H2,(H2,15,16,18). The summed E-state index contributed by atoms with van der Waals surface area (Å²) in [6.07, 6.45) is 3.54. The Morgan fingerprint density at radius 2 is 2.00 bits per heavy atom. The zero-order valence-electron chi connectivity index (χ0n) is 10.2. The van der Waals surface area contributed by atoms with Crippen LogP contribution in [0.5, 0.6) is 0 Å². The average molecular weight is 243 g/mol. The molecule has 2 amide bonds. The lowest BCUT2D eigenvalue weighted by Crippen LogP contribution is -2.47. The SMILES string of the molecule is NC1=NC(=O)N(Cc2ccccc2)C1C1CCC1. The first-order valence-corrected chi connectivity index (χ1v) is 6.44. The Labute approximate surface area is 106 Å². The van der Waals surface area contributed by atoms with Gasteiger partial charge in [-0.25, -0.2) is 4.79 Å². The molecule has 3 rings (SSSR count). The summed E-state index contributed by atoms with van der Waals surface area (Å²) in [6.45, 7) is 0.602. The number of benzene rings is 1. The first-order valence-electron chi connectivity index (χ1n) is 6.44. The van der Waals surface area contributed by atoms with Crippen LogP contribution in [0.25, 0.3) is 0 Å². The monoisotopic (exact) mass is 243 g/mol. The fraction of sp³-hybridized carbons (Fsp3) is 0.429. The molecule has 1 aromatic carbocycles. The molecular weight excluding hydrogens is 226 g/mol. The maximum Gasteiger partial charge on any atom is 0.346 e. The zero-order chi connectivity index (χ0) is 12.5. The van der Waals surface area contributed by atoms with Crippen LogP contribution in [0.2, 0.25) is 0 Å². The molecule has 18 heavy (non-hydrogen) atoms. The molecule has 1 heterocycles. The number of nitrogens with zero attached hydrogens (tertiary/aromatic N) is 2. The molecule has 1 saturated carbocycles. The number of carbonyl (C=O) groups excluding carboxylic acids is 1. The van der Waals surface area contributed by atoms with Gasteiger partial charge in [0.05, 0.1) is 6.04 Å². The highest BCUT2D eigenvalue weighted by atomic mass is 16.2. The number of aliphatic imine (C=N–C) groups is 1. The fourth-order valence-electron chi connectivity index (χ4n) is 2.72. The molecule has 94 valence electrons. The smallest absolute Gasteiger partial charge is 0.346 e. The maximum atomic E-state index is 11.9. The molecule has 1 unspecified atom stereocenters. The van der Waals surface area contributed by atoms with Gasteiger partial charge in [0.15, 0.2) is 0 Å². The van der Waals surface area contributed by atoms with Crippen LogP contribution in [0.1, 0.15) is 24.8 Å². The van der Waals surface area contributed by atoms with Crippen molar-refractivity contribution in [3.8, 4) is 0 Å². The predicted octanol–water partition coefficient (Wildman–Crippen LogP) is 2.15. The highest BCUT2D eigenvalue weighted by Crippen LogP contribution is 2.35. The molecule has 0 aromatic heterocycles. The summed E-state index contributed by atoms with van der Waals surface area (Å²) in [4.78, 5) is 17.6. The summed E-state index contributed by atoms with van der Waals surface area (Å²) >= 11 is 0. The minimum Gasteiger partial charge on any atom is -0.385 e. The van der Waals surface area contributed by atoms with Crippen LogP contribution in [0.4, 0.5) is 4.79 Å². The van der Waals surface area contributed by atoms with Crippen LogP contribution in [0.15, 0.2) is 35.3 Å². The van der Waals surface area contributed by atoms with Crippen LogP contribution in [-0.2, 0) is 6.54 Å². The van der Waals surface area contributed by atoms with Crippen LogP contribution in [0.3, 0.4) is 0 Å². The van der Waals surface area contributed by atoms with Crippen LogP contribution >= 0.6 is 0 Å². The summed E-state index contributed by atoms with van der Waals surface area (Å²) < 4.78 is 0. The topological polar surface area (TPSA) is 58.7 Å². The van der Waals surface area contributed by atoms with E-state index in [9.17, 15) is 4.79 Å². The van der Waals surface area contributed by atoms with Crippen molar-refractivity contribution in [1.29, 1.82) is 0 Å². The van der Waals surface area contributed by atoms with E-state index in [1.165, 1.54) is 6.42 Å². The second-order valence-electron chi connectivity index (χ2n) is 5.07. The number of rotatable bonds is 3. The van der Waals surface area contributed by atoms with Gasteiger partial charge in [0.25, 0.3) is 0 Å². The van der Waals surface area contributed by atoms with Gasteiger partial charge < -0.3 is 10.6 Å². The molecule has 0 saturated heterocycles. The third-order valence-electron chi connectivity index (χ3n) is 3.90. The Hall–Kier alpha value is -1.84. The maximum absolute atomic E-state index is 11.9. The van der Waals surface area contributed by atoms with Gasteiger partial charge in [0.2, 0.25) is 0 Å². The third-order valence-corrected chi connectivity index (χ3v) is 3.90. The molecule has 1 aliphatic heterocycles. The fourth-order valence-corrected chi connectivity index (χ4v) is 2.72. The first kappa shape index (κ1) is 11.3. The molecule has 1 fully saturated rings. The molecule has 0 radical (unpaired) electrons. The minimum atomic E-state index is -0.187. The molecule has 1 atom stereocenters. The Balaban J connectivity index is 1.79. The summed E-state index contributed by atoms with van der Waals surface area (Å²) in [5.74, 6) is 1.00. The zero-order valence-corrected chi connectivity index (χ0v) is 10.2. The number of amides is 2. The summed E-state index contributed by atoms with van der Waals surface area (Å²) in [7, 11) is 0. The van der Waals surface area contributed by atoms with E-state index in [0.29, 0.717) is 18.3 Å². The molecular formula is C14H17N3O. The number of nitrogens with two attached hydrogens (primary N) is 1.